The van der Waals surface area contributed by atoms with Gasteiger partial charge in [-0.3, -0.25) is 0 Å². The lowest BCUT2D eigenvalue weighted by Gasteiger charge is -2.21. The summed E-state index contributed by atoms with van der Waals surface area (Å²) in [6.45, 7) is 3.75. The predicted octanol–water partition coefficient (Wildman–Crippen LogP) is 2.18. The molecule has 1 aromatic rings. The molecule has 3 heterocycles. The highest BCUT2D eigenvalue weighted by molar-refractivity contribution is 6.38. The van der Waals surface area contributed by atoms with Crippen LogP contribution in [0.3, 0.4) is 0 Å². The summed E-state index contributed by atoms with van der Waals surface area (Å²) in [6, 6.07) is 0. The third-order valence-electron chi connectivity index (χ3n) is 3.61. The maximum Gasteiger partial charge on any atom is 0.162 e. The molecular formula is C11H12Cl2FN3. The SMILES string of the molecule is Fc1cnc(Cl)c(N2CC3CNCC3C2)c1Cl. The number of anilines is 1. The van der Waals surface area contributed by atoms with Crippen molar-refractivity contribution in [1.82, 2.24) is 10.3 Å². The molecule has 0 saturated carbocycles. The van der Waals surface area contributed by atoms with Gasteiger partial charge in [0.2, 0.25) is 0 Å². The molecule has 3 rings (SSSR count). The van der Waals surface area contributed by atoms with Crippen molar-refractivity contribution >= 4 is 28.9 Å². The van der Waals surface area contributed by atoms with E-state index < -0.39 is 5.82 Å². The number of hydrogen-bond donors (Lipinski definition) is 1. The van der Waals surface area contributed by atoms with E-state index in [9.17, 15) is 4.39 Å². The number of hydrogen-bond acceptors (Lipinski definition) is 3. The molecule has 2 aliphatic heterocycles. The number of pyridine rings is 1. The summed E-state index contributed by atoms with van der Waals surface area (Å²) in [4.78, 5) is 5.88. The van der Waals surface area contributed by atoms with E-state index >= 15 is 0 Å². The minimum Gasteiger partial charge on any atom is -0.367 e. The van der Waals surface area contributed by atoms with Crippen molar-refractivity contribution in [3.8, 4) is 0 Å². The van der Waals surface area contributed by atoms with Gasteiger partial charge in [-0.2, -0.15) is 0 Å². The van der Waals surface area contributed by atoms with Gasteiger partial charge in [0.1, 0.15) is 5.02 Å². The molecule has 0 bridgehead atoms. The quantitative estimate of drug-likeness (QED) is 0.797. The molecule has 2 unspecified atom stereocenters. The van der Waals surface area contributed by atoms with Crippen molar-refractivity contribution < 1.29 is 4.39 Å². The molecule has 0 amide bonds. The van der Waals surface area contributed by atoms with Crippen LogP contribution in [-0.2, 0) is 0 Å². The Hall–Kier alpha value is -0.580. The van der Waals surface area contributed by atoms with E-state index in [1.54, 1.807) is 0 Å². The molecule has 0 spiro atoms. The maximum atomic E-state index is 13.4. The number of nitrogens with zero attached hydrogens (tertiary/aromatic N) is 2. The van der Waals surface area contributed by atoms with Crippen LogP contribution in [0.25, 0.3) is 0 Å². The van der Waals surface area contributed by atoms with Gasteiger partial charge in [-0.25, -0.2) is 9.37 Å². The van der Waals surface area contributed by atoms with E-state index in [2.05, 4.69) is 15.2 Å². The first-order chi connectivity index (χ1) is 8.16. The fourth-order valence-corrected chi connectivity index (χ4v) is 3.31. The molecular weight excluding hydrogens is 264 g/mol. The predicted molar refractivity (Wildman–Crippen MR) is 66.3 cm³/mol. The minimum absolute atomic E-state index is 0.0814. The summed E-state index contributed by atoms with van der Waals surface area (Å²) in [5.41, 5.74) is 0.544. The molecule has 2 atom stereocenters. The summed E-state index contributed by atoms with van der Waals surface area (Å²) in [7, 11) is 0. The number of nitrogens with one attached hydrogen (secondary N) is 1. The number of rotatable bonds is 1. The van der Waals surface area contributed by atoms with E-state index in [1.807, 2.05) is 0 Å². The Kier molecular flexibility index (Phi) is 2.89. The highest BCUT2D eigenvalue weighted by Crippen LogP contribution is 2.38. The van der Waals surface area contributed by atoms with Crippen molar-refractivity contribution in [3.05, 3.63) is 22.2 Å². The van der Waals surface area contributed by atoms with Crippen LogP contribution in [0.2, 0.25) is 10.2 Å². The zero-order chi connectivity index (χ0) is 12.0. The molecule has 1 N–H and O–H groups in total. The topological polar surface area (TPSA) is 28.2 Å². The zero-order valence-electron chi connectivity index (χ0n) is 9.09. The van der Waals surface area contributed by atoms with Crippen molar-refractivity contribution in [2.24, 2.45) is 11.8 Å². The second-order valence-corrected chi connectivity index (χ2v) is 5.38. The van der Waals surface area contributed by atoms with Crippen LogP contribution in [0.15, 0.2) is 6.20 Å². The molecule has 2 fully saturated rings. The first-order valence-electron chi connectivity index (χ1n) is 5.62. The van der Waals surface area contributed by atoms with Gasteiger partial charge >= 0.3 is 0 Å². The van der Waals surface area contributed by atoms with Crippen LogP contribution in [0, 0.1) is 17.7 Å². The molecule has 92 valence electrons. The van der Waals surface area contributed by atoms with Gasteiger partial charge in [0.05, 0.1) is 11.9 Å². The van der Waals surface area contributed by atoms with Crippen LogP contribution in [-0.4, -0.2) is 31.2 Å². The van der Waals surface area contributed by atoms with Crippen LogP contribution in [0.4, 0.5) is 10.1 Å². The summed E-state index contributed by atoms with van der Waals surface area (Å²) < 4.78 is 13.4. The molecule has 3 nitrogen and oxygen atoms in total. The Morgan fingerprint density at radius 1 is 1.29 bits per heavy atom. The van der Waals surface area contributed by atoms with Gasteiger partial charge in [0.25, 0.3) is 0 Å². The Labute approximate surface area is 109 Å². The molecule has 0 aromatic carbocycles. The fourth-order valence-electron chi connectivity index (χ4n) is 2.74. The summed E-state index contributed by atoms with van der Waals surface area (Å²) in [6.07, 6.45) is 1.06. The Bertz CT molecular complexity index is 443. The summed E-state index contributed by atoms with van der Waals surface area (Å²) in [5, 5.41) is 3.72. The van der Waals surface area contributed by atoms with E-state index in [0.717, 1.165) is 32.4 Å². The number of halogens is 3. The van der Waals surface area contributed by atoms with Crippen molar-refractivity contribution in [2.45, 2.75) is 0 Å². The van der Waals surface area contributed by atoms with Crippen molar-refractivity contribution in [1.29, 1.82) is 0 Å². The first-order valence-corrected chi connectivity index (χ1v) is 6.37. The molecule has 0 aliphatic carbocycles. The van der Waals surface area contributed by atoms with Crippen LogP contribution in [0.5, 0.6) is 0 Å². The number of aromatic nitrogens is 1. The molecule has 2 saturated heterocycles. The Morgan fingerprint density at radius 3 is 2.59 bits per heavy atom. The van der Waals surface area contributed by atoms with Crippen LogP contribution < -0.4 is 10.2 Å². The van der Waals surface area contributed by atoms with Gasteiger partial charge in [-0.15, -0.1) is 0 Å². The van der Waals surface area contributed by atoms with Crippen LogP contribution >= 0.6 is 23.2 Å². The first kappa shape index (κ1) is 11.5. The van der Waals surface area contributed by atoms with E-state index in [1.165, 1.54) is 0 Å². The lowest BCUT2D eigenvalue weighted by Crippen LogP contribution is -2.26. The molecule has 17 heavy (non-hydrogen) atoms. The largest absolute Gasteiger partial charge is 0.367 e. The third-order valence-corrected chi connectivity index (χ3v) is 4.25. The molecule has 6 heteroatoms. The monoisotopic (exact) mass is 275 g/mol. The van der Waals surface area contributed by atoms with Gasteiger partial charge < -0.3 is 10.2 Å². The second-order valence-electron chi connectivity index (χ2n) is 4.64. The number of fused-ring (bicyclic) bond motifs is 1. The lowest BCUT2D eigenvalue weighted by molar-refractivity contribution is 0.533. The third kappa shape index (κ3) is 1.88. The fraction of sp³-hybridized carbons (Fsp3) is 0.545. The molecule has 1 aromatic heterocycles. The van der Waals surface area contributed by atoms with Gasteiger partial charge in [0, 0.05) is 26.2 Å². The van der Waals surface area contributed by atoms with Gasteiger partial charge in [-0.1, -0.05) is 23.2 Å². The van der Waals surface area contributed by atoms with Gasteiger partial charge in [0.15, 0.2) is 11.0 Å². The lowest BCUT2D eigenvalue weighted by atomic mass is 10.0. The average Bonchev–Trinajstić information content (AvgIpc) is 2.84. The van der Waals surface area contributed by atoms with Crippen LogP contribution in [0.1, 0.15) is 0 Å². The zero-order valence-corrected chi connectivity index (χ0v) is 10.6. The minimum atomic E-state index is -0.513. The normalized spacial score (nSPS) is 27.6. The molecule has 0 radical (unpaired) electrons. The second kappa shape index (κ2) is 4.26. The van der Waals surface area contributed by atoms with E-state index in [0.29, 0.717) is 17.5 Å². The highest BCUT2D eigenvalue weighted by Gasteiger charge is 2.37. The van der Waals surface area contributed by atoms with Crippen molar-refractivity contribution in [3.63, 3.8) is 0 Å². The maximum absolute atomic E-state index is 13.4. The standard InChI is InChI=1S/C11H12Cl2FN3/c12-9-8(14)3-16-11(13)10(9)17-4-6-1-15-2-7(6)5-17/h3,6-7,15H,1-2,4-5H2. The summed E-state index contributed by atoms with van der Waals surface area (Å²) >= 11 is 12.0. The Balaban J connectivity index is 1.93. The van der Waals surface area contributed by atoms with E-state index in [4.69, 9.17) is 23.2 Å². The van der Waals surface area contributed by atoms with E-state index in [-0.39, 0.29) is 10.2 Å². The summed E-state index contributed by atoms with van der Waals surface area (Å²) in [5.74, 6) is 0.692. The highest BCUT2D eigenvalue weighted by atomic mass is 35.5. The molecule has 2 aliphatic rings. The van der Waals surface area contributed by atoms with Crippen molar-refractivity contribution in [2.75, 3.05) is 31.1 Å². The smallest absolute Gasteiger partial charge is 0.162 e. The van der Waals surface area contributed by atoms with Gasteiger partial charge in [-0.05, 0) is 11.8 Å². The average molecular weight is 276 g/mol. The Morgan fingerprint density at radius 2 is 1.94 bits per heavy atom.